The number of rotatable bonds is 6. The fourth-order valence-corrected chi connectivity index (χ4v) is 3.25. The Labute approximate surface area is 163 Å². The Bertz CT molecular complexity index is 1000. The van der Waals surface area contributed by atoms with E-state index in [-0.39, 0.29) is 24.5 Å². The van der Waals surface area contributed by atoms with Gasteiger partial charge in [0.25, 0.3) is 5.91 Å². The lowest BCUT2D eigenvalue weighted by molar-refractivity contribution is -0.132. The first kappa shape index (κ1) is 19.6. The molecule has 28 heavy (non-hydrogen) atoms. The van der Waals surface area contributed by atoms with E-state index in [4.69, 9.17) is 0 Å². The van der Waals surface area contributed by atoms with Crippen molar-refractivity contribution in [2.45, 2.75) is 19.4 Å². The van der Waals surface area contributed by atoms with Gasteiger partial charge in [0, 0.05) is 24.2 Å². The van der Waals surface area contributed by atoms with E-state index in [0.717, 1.165) is 11.8 Å². The first-order valence-corrected chi connectivity index (χ1v) is 10.5. The van der Waals surface area contributed by atoms with E-state index in [1.54, 1.807) is 24.3 Å². The van der Waals surface area contributed by atoms with Gasteiger partial charge in [-0.3, -0.25) is 14.3 Å². The molecule has 2 N–H and O–H groups in total. The summed E-state index contributed by atoms with van der Waals surface area (Å²) in [7, 11) is -3.36. The maximum Gasteiger partial charge on any atom is 0.271 e. The topological polar surface area (TPSA) is 108 Å². The van der Waals surface area contributed by atoms with Gasteiger partial charge in [-0.15, -0.1) is 0 Å². The van der Waals surface area contributed by atoms with Crippen LogP contribution in [0.5, 0.6) is 0 Å². The lowest BCUT2D eigenvalue weighted by Crippen LogP contribution is -2.36. The van der Waals surface area contributed by atoms with E-state index in [0.29, 0.717) is 17.9 Å². The lowest BCUT2D eigenvalue weighted by Gasteiger charge is -2.23. The highest BCUT2D eigenvalue weighted by Gasteiger charge is 2.24. The van der Waals surface area contributed by atoms with Gasteiger partial charge in [-0.1, -0.05) is 30.3 Å². The highest BCUT2D eigenvalue weighted by atomic mass is 32.2. The molecule has 8 nitrogen and oxygen atoms in total. The third-order valence-corrected chi connectivity index (χ3v) is 4.59. The predicted octanol–water partition coefficient (Wildman–Crippen LogP) is 2.18. The van der Waals surface area contributed by atoms with E-state index in [1.807, 2.05) is 30.3 Å². The number of nitrogens with zero attached hydrogens (tertiary/aromatic N) is 2. The molecule has 0 saturated heterocycles. The van der Waals surface area contributed by atoms with Gasteiger partial charge in [-0.2, -0.15) is 5.10 Å². The van der Waals surface area contributed by atoms with E-state index in [1.165, 1.54) is 5.01 Å². The Balaban J connectivity index is 1.67. The maximum absolute atomic E-state index is 12.5. The molecule has 0 bridgehead atoms. The fourth-order valence-electron chi connectivity index (χ4n) is 2.68. The summed E-state index contributed by atoms with van der Waals surface area (Å²) in [6, 6.07) is 15.7. The molecule has 0 aliphatic carbocycles. The molecule has 0 atom stereocenters. The number of nitrogens with one attached hydrogen (secondary N) is 2. The van der Waals surface area contributed by atoms with Gasteiger partial charge in [0.05, 0.1) is 12.8 Å². The van der Waals surface area contributed by atoms with Crippen molar-refractivity contribution in [3.8, 4) is 0 Å². The van der Waals surface area contributed by atoms with Crippen LogP contribution in [0.2, 0.25) is 0 Å². The zero-order chi connectivity index (χ0) is 20.1. The minimum atomic E-state index is -3.36. The number of sulfonamides is 1. The van der Waals surface area contributed by atoms with Crippen LogP contribution in [0.25, 0.3) is 0 Å². The second-order valence-electron chi connectivity index (χ2n) is 6.39. The zero-order valence-electron chi connectivity index (χ0n) is 15.3. The monoisotopic (exact) mass is 400 g/mol. The van der Waals surface area contributed by atoms with Crippen molar-refractivity contribution < 1.29 is 18.0 Å². The summed E-state index contributed by atoms with van der Waals surface area (Å²) in [4.78, 5) is 24.6. The summed E-state index contributed by atoms with van der Waals surface area (Å²) in [5.41, 5.74) is 2.09. The molecule has 3 rings (SSSR count). The SMILES string of the molecule is CS(=O)(=O)Nc1ccc(NC(=O)C2=NN(Cc3ccccc3)C(=O)CC2)cc1. The summed E-state index contributed by atoms with van der Waals surface area (Å²) in [6.07, 6.45) is 1.55. The van der Waals surface area contributed by atoms with Gasteiger partial charge in [0.2, 0.25) is 15.9 Å². The van der Waals surface area contributed by atoms with Crippen LogP contribution in [0, 0.1) is 0 Å². The Morgan fingerprint density at radius 1 is 1.04 bits per heavy atom. The number of hydrazone groups is 1. The first-order chi connectivity index (χ1) is 13.3. The normalized spacial score (nSPS) is 14.4. The number of hydrogen-bond acceptors (Lipinski definition) is 5. The highest BCUT2D eigenvalue weighted by molar-refractivity contribution is 7.92. The minimum Gasteiger partial charge on any atom is -0.321 e. The second-order valence-corrected chi connectivity index (χ2v) is 8.14. The van der Waals surface area contributed by atoms with Crippen LogP contribution in [0.4, 0.5) is 11.4 Å². The number of amides is 2. The molecular weight excluding hydrogens is 380 g/mol. The summed E-state index contributed by atoms with van der Waals surface area (Å²) >= 11 is 0. The van der Waals surface area contributed by atoms with E-state index < -0.39 is 15.9 Å². The smallest absolute Gasteiger partial charge is 0.271 e. The molecule has 1 aliphatic heterocycles. The summed E-state index contributed by atoms with van der Waals surface area (Å²) in [6.45, 7) is 0.308. The van der Waals surface area contributed by atoms with Crippen molar-refractivity contribution in [1.29, 1.82) is 0 Å². The third-order valence-electron chi connectivity index (χ3n) is 3.99. The molecule has 0 aromatic heterocycles. The molecule has 2 aromatic carbocycles. The van der Waals surface area contributed by atoms with Crippen molar-refractivity contribution in [2.75, 3.05) is 16.3 Å². The van der Waals surface area contributed by atoms with Gasteiger partial charge < -0.3 is 5.32 Å². The molecule has 0 radical (unpaired) electrons. The molecule has 2 aromatic rings. The van der Waals surface area contributed by atoms with Gasteiger partial charge >= 0.3 is 0 Å². The van der Waals surface area contributed by atoms with E-state index in [9.17, 15) is 18.0 Å². The number of carbonyl (C=O) groups is 2. The molecule has 0 fully saturated rings. The number of carbonyl (C=O) groups excluding carboxylic acids is 2. The molecule has 9 heteroatoms. The van der Waals surface area contributed by atoms with Crippen LogP contribution in [0.1, 0.15) is 18.4 Å². The number of benzene rings is 2. The highest BCUT2D eigenvalue weighted by Crippen LogP contribution is 2.17. The standard InChI is InChI=1S/C19H20N4O4S/c1-28(26,27)22-16-9-7-15(8-10-16)20-19(25)17-11-12-18(24)23(21-17)13-14-5-3-2-4-6-14/h2-10,22H,11-13H2,1H3,(H,20,25). The van der Waals surface area contributed by atoms with Crippen LogP contribution < -0.4 is 10.0 Å². The first-order valence-electron chi connectivity index (χ1n) is 8.61. The Morgan fingerprint density at radius 3 is 2.32 bits per heavy atom. The van der Waals surface area contributed by atoms with Crippen molar-refractivity contribution in [3.63, 3.8) is 0 Å². The fraction of sp³-hybridized carbons (Fsp3) is 0.211. The Morgan fingerprint density at radius 2 is 1.68 bits per heavy atom. The summed E-state index contributed by atoms with van der Waals surface area (Å²) in [5.74, 6) is -0.522. The zero-order valence-corrected chi connectivity index (χ0v) is 16.1. The minimum absolute atomic E-state index is 0.128. The van der Waals surface area contributed by atoms with Crippen LogP contribution in [-0.4, -0.2) is 37.2 Å². The largest absolute Gasteiger partial charge is 0.321 e. The number of anilines is 2. The average molecular weight is 400 g/mol. The average Bonchev–Trinajstić information content (AvgIpc) is 2.65. The van der Waals surface area contributed by atoms with Crippen LogP contribution in [-0.2, 0) is 26.2 Å². The van der Waals surface area contributed by atoms with Gasteiger partial charge in [0.1, 0.15) is 5.71 Å². The lowest BCUT2D eigenvalue weighted by atomic mass is 10.1. The maximum atomic E-state index is 12.5. The molecule has 0 saturated carbocycles. The quantitative estimate of drug-likeness (QED) is 0.775. The van der Waals surface area contributed by atoms with Crippen LogP contribution in [0.15, 0.2) is 59.7 Å². The predicted molar refractivity (Wildman–Crippen MR) is 107 cm³/mol. The molecule has 0 unspecified atom stereocenters. The molecular formula is C19H20N4O4S. The molecule has 146 valence electrons. The van der Waals surface area contributed by atoms with Crippen LogP contribution in [0.3, 0.4) is 0 Å². The second kappa shape index (κ2) is 8.22. The van der Waals surface area contributed by atoms with Gasteiger partial charge in [0.15, 0.2) is 0 Å². The van der Waals surface area contributed by atoms with E-state index >= 15 is 0 Å². The van der Waals surface area contributed by atoms with Gasteiger partial charge in [-0.05, 0) is 29.8 Å². The summed E-state index contributed by atoms with van der Waals surface area (Å²) in [5, 5.41) is 8.25. The molecule has 1 aliphatic rings. The molecule has 1 heterocycles. The third kappa shape index (κ3) is 5.40. The number of hydrogen-bond donors (Lipinski definition) is 2. The van der Waals surface area contributed by atoms with Gasteiger partial charge in [-0.25, -0.2) is 13.4 Å². The van der Waals surface area contributed by atoms with Crippen molar-refractivity contribution in [2.24, 2.45) is 5.10 Å². The van der Waals surface area contributed by atoms with E-state index in [2.05, 4.69) is 15.1 Å². The van der Waals surface area contributed by atoms with Crippen molar-refractivity contribution >= 4 is 38.9 Å². The molecule has 0 spiro atoms. The van der Waals surface area contributed by atoms with Crippen molar-refractivity contribution in [3.05, 3.63) is 60.2 Å². The summed E-state index contributed by atoms with van der Waals surface area (Å²) < 4.78 is 24.8. The Kier molecular flexibility index (Phi) is 5.74. The Hall–Kier alpha value is -3.20. The van der Waals surface area contributed by atoms with Crippen molar-refractivity contribution in [1.82, 2.24) is 5.01 Å². The van der Waals surface area contributed by atoms with Crippen LogP contribution >= 0.6 is 0 Å². The molecule has 2 amide bonds.